The molecular weight excluding hydrogens is 434 g/mol. The highest BCUT2D eigenvalue weighted by Crippen LogP contribution is 2.40. The molecule has 1 aliphatic heterocycles. The molecule has 1 aliphatic rings. The van der Waals surface area contributed by atoms with Crippen LogP contribution >= 0.6 is 22.7 Å². The fraction of sp³-hybridized carbons (Fsp3) is 0.560. The molecule has 0 amide bonds. The lowest BCUT2D eigenvalue weighted by molar-refractivity contribution is 0.127. The lowest BCUT2D eigenvalue weighted by Crippen LogP contribution is -2.47. The zero-order chi connectivity index (χ0) is 23.0. The highest BCUT2D eigenvalue weighted by atomic mass is 32.1. The van der Waals surface area contributed by atoms with E-state index in [-0.39, 0.29) is 5.92 Å². The molecular formula is C25H31N5S2. The third kappa shape index (κ3) is 5.97. The van der Waals surface area contributed by atoms with Crippen LogP contribution in [0.4, 0.5) is 0 Å². The summed E-state index contributed by atoms with van der Waals surface area (Å²) in [7, 11) is 0. The molecule has 3 rings (SSSR count). The Hall–Kier alpha value is -2.21. The quantitative estimate of drug-likeness (QED) is 0.493. The number of nitriles is 3. The molecule has 5 nitrogen and oxygen atoms in total. The Morgan fingerprint density at radius 2 is 1.47 bits per heavy atom. The van der Waals surface area contributed by atoms with E-state index in [1.54, 1.807) is 11.3 Å². The zero-order valence-corrected chi connectivity index (χ0v) is 20.6. The third-order valence-corrected chi connectivity index (χ3v) is 8.74. The average molecular weight is 466 g/mol. The molecule has 1 atom stereocenters. The molecule has 0 saturated carbocycles. The molecule has 0 radical (unpaired) electrons. The normalized spacial score (nSPS) is 16.9. The molecule has 1 saturated heterocycles. The van der Waals surface area contributed by atoms with Crippen molar-refractivity contribution in [3.63, 3.8) is 0 Å². The van der Waals surface area contributed by atoms with E-state index in [4.69, 9.17) is 5.26 Å². The van der Waals surface area contributed by atoms with E-state index in [1.807, 2.05) is 18.2 Å². The lowest BCUT2D eigenvalue weighted by Gasteiger charge is -2.36. The molecule has 0 spiro atoms. The molecule has 0 aromatic carbocycles. The van der Waals surface area contributed by atoms with Gasteiger partial charge < -0.3 is 9.80 Å². The first-order valence-electron chi connectivity index (χ1n) is 11.4. The van der Waals surface area contributed by atoms with Crippen LogP contribution in [-0.4, -0.2) is 49.1 Å². The van der Waals surface area contributed by atoms with E-state index >= 15 is 0 Å². The van der Waals surface area contributed by atoms with E-state index in [2.05, 4.69) is 47.9 Å². The maximum Gasteiger partial charge on any atom is 0.110 e. The Balaban J connectivity index is 1.41. The summed E-state index contributed by atoms with van der Waals surface area (Å²) in [6.07, 6.45) is 4.01. The van der Waals surface area contributed by atoms with Crippen molar-refractivity contribution in [1.82, 2.24) is 9.80 Å². The van der Waals surface area contributed by atoms with Crippen LogP contribution in [-0.2, 0) is 11.8 Å². The predicted octanol–water partition coefficient (Wildman–Crippen LogP) is 5.00. The van der Waals surface area contributed by atoms with Crippen LogP contribution in [0.25, 0.3) is 0 Å². The summed E-state index contributed by atoms with van der Waals surface area (Å²) >= 11 is 3.08. The van der Waals surface area contributed by atoms with Crippen molar-refractivity contribution in [2.75, 3.05) is 39.3 Å². The minimum Gasteiger partial charge on any atom is -0.301 e. The van der Waals surface area contributed by atoms with Crippen LogP contribution in [0, 0.1) is 39.9 Å². The van der Waals surface area contributed by atoms with Gasteiger partial charge in [-0.3, -0.25) is 0 Å². The first kappa shape index (κ1) is 24.4. The first-order valence-corrected chi connectivity index (χ1v) is 13.0. The van der Waals surface area contributed by atoms with Crippen LogP contribution in [0.15, 0.2) is 24.3 Å². The molecule has 0 aliphatic carbocycles. The second kappa shape index (κ2) is 11.6. The number of nitrogens with zero attached hydrogens (tertiary/aromatic N) is 5. The van der Waals surface area contributed by atoms with Gasteiger partial charge in [-0.2, -0.15) is 15.8 Å². The molecule has 3 heterocycles. The van der Waals surface area contributed by atoms with Gasteiger partial charge in [0.05, 0.1) is 11.5 Å². The Morgan fingerprint density at radius 1 is 0.875 bits per heavy atom. The van der Waals surface area contributed by atoms with Gasteiger partial charge in [0.25, 0.3) is 0 Å². The highest BCUT2D eigenvalue weighted by Gasteiger charge is 2.37. The summed E-state index contributed by atoms with van der Waals surface area (Å²) in [5, 5.41) is 28.2. The van der Waals surface area contributed by atoms with E-state index in [9.17, 15) is 10.5 Å². The molecule has 0 N–H and O–H groups in total. The highest BCUT2D eigenvalue weighted by molar-refractivity contribution is 7.12. The summed E-state index contributed by atoms with van der Waals surface area (Å²) in [6, 6.07) is 14.8. The van der Waals surface area contributed by atoms with Crippen molar-refractivity contribution in [3.05, 3.63) is 43.8 Å². The van der Waals surface area contributed by atoms with Gasteiger partial charge >= 0.3 is 0 Å². The summed E-state index contributed by atoms with van der Waals surface area (Å²) < 4.78 is 0. The van der Waals surface area contributed by atoms with Crippen molar-refractivity contribution in [3.8, 4) is 18.2 Å². The fourth-order valence-electron chi connectivity index (χ4n) is 4.44. The molecule has 1 fully saturated rings. The van der Waals surface area contributed by atoms with Crippen molar-refractivity contribution in [2.24, 2.45) is 5.92 Å². The number of aryl methyl sites for hydroxylation is 1. The van der Waals surface area contributed by atoms with E-state index < -0.39 is 5.41 Å². The second-order valence-electron chi connectivity index (χ2n) is 8.78. The van der Waals surface area contributed by atoms with E-state index in [0.29, 0.717) is 4.88 Å². The number of hydrogen-bond acceptors (Lipinski definition) is 7. The number of rotatable bonds is 10. The number of piperazine rings is 1. The summed E-state index contributed by atoms with van der Waals surface area (Å²) in [5.74, 6) is 0.210. The Bertz CT molecular complexity index is 995. The monoisotopic (exact) mass is 465 g/mol. The van der Waals surface area contributed by atoms with Gasteiger partial charge in [0.15, 0.2) is 0 Å². The molecule has 168 valence electrons. The van der Waals surface area contributed by atoms with Crippen molar-refractivity contribution >= 4 is 22.7 Å². The van der Waals surface area contributed by atoms with Crippen molar-refractivity contribution in [1.29, 1.82) is 15.8 Å². The van der Waals surface area contributed by atoms with Gasteiger partial charge in [-0.1, -0.05) is 13.8 Å². The van der Waals surface area contributed by atoms with E-state index in [0.717, 1.165) is 74.7 Å². The molecule has 2 aromatic rings. The fourth-order valence-corrected chi connectivity index (χ4v) is 6.41. The van der Waals surface area contributed by atoms with Crippen molar-refractivity contribution < 1.29 is 0 Å². The minimum atomic E-state index is -0.505. The smallest absolute Gasteiger partial charge is 0.110 e. The second-order valence-corrected chi connectivity index (χ2v) is 11.0. The van der Waals surface area contributed by atoms with Gasteiger partial charge in [-0.05, 0) is 69.0 Å². The van der Waals surface area contributed by atoms with Crippen LogP contribution < -0.4 is 0 Å². The topological polar surface area (TPSA) is 77.8 Å². The lowest BCUT2D eigenvalue weighted by atomic mass is 9.73. The van der Waals surface area contributed by atoms with E-state index in [1.165, 1.54) is 16.2 Å². The standard InChI is InChI=1S/C25H31N5S2/c1-20(2)25(19-28,24-9-8-23(18-27)32-24)10-4-12-30-15-13-29(14-16-30)11-3-5-21-6-7-22(17-26)31-21/h6-9,20H,3-5,10-16H2,1-2H3. The Labute approximate surface area is 200 Å². The summed E-state index contributed by atoms with van der Waals surface area (Å²) in [6.45, 7) is 10.7. The van der Waals surface area contributed by atoms with Crippen LogP contribution in [0.1, 0.15) is 52.6 Å². The van der Waals surface area contributed by atoms with Crippen LogP contribution in [0.3, 0.4) is 0 Å². The van der Waals surface area contributed by atoms with Crippen LogP contribution in [0.2, 0.25) is 0 Å². The average Bonchev–Trinajstić information content (AvgIpc) is 3.47. The van der Waals surface area contributed by atoms with Gasteiger partial charge in [0.1, 0.15) is 21.9 Å². The predicted molar refractivity (Wildman–Crippen MR) is 131 cm³/mol. The molecule has 0 bridgehead atoms. The molecule has 2 aromatic heterocycles. The van der Waals surface area contributed by atoms with Crippen molar-refractivity contribution in [2.45, 2.75) is 44.9 Å². The zero-order valence-electron chi connectivity index (χ0n) is 19.0. The maximum atomic E-state index is 10.1. The Morgan fingerprint density at radius 3 is 2.00 bits per heavy atom. The maximum absolute atomic E-state index is 10.1. The third-order valence-electron chi connectivity index (χ3n) is 6.52. The summed E-state index contributed by atoms with van der Waals surface area (Å²) in [4.78, 5) is 8.88. The van der Waals surface area contributed by atoms with Gasteiger partial charge in [-0.25, -0.2) is 0 Å². The molecule has 1 unspecified atom stereocenters. The largest absolute Gasteiger partial charge is 0.301 e. The van der Waals surface area contributed by atoms with Gasteiger partial charge in [-0.15, -0.1) is 22.7 Å². The van der Waals surface area contributed by atoms with Crippen LogP contribution in [0.5, 0.6) is 0 Å². The van der Waals surface area contributed by atoms with Gasteiger partial charge in [0.2, 0.25) is 0 Å². The Kier molecular flexibility index (Phi) is 8.85. The number of thiophene rings is 2. The number of hydrogen-bond donors (Lipinski definition) is 0. The van der Waals surface area contributed by atoms with Gasteiger partial charge in [0, 0.05) is 35.9 Å². The molecule has 7 heteroatoms. The minimum absolute atomic E-state index is 0.210. The SMILES string of the molecule is CC(C)C(C#N)(CCCN1CCN(CCCc2ccc(C#N)s2)CC1)c1ccc(C#N)s1. The summed E-state index contributed by atoms with van der Waals surface area (Å²) in [5.41, 5.74) is -0.505. The molecule has 32 heavy (non-hydrogen) atoms. The first-order chi connectivity index (χ1) is 15.5.